The van der Waals surface area contributed by atoms with Crippen LogP contribution in [0.4, 0.5) is 5.69 Å². The first-order valence-electron chi connectivity index (χ1n) is 9.99. The molecule has 0 N–H and O–H groups in total. The lowest BCUT2D eigenvalue weighted by atomic mass is 10.1. The van der Waals surface area contributed by atoms with Crippen LogP contribution in [0.2, 0.25) is 0 Å². The molecule has 3 aromatic carbocycles. The second kappa shape index (κ2) is 8.96. The highest BCUT2D eigenvalue weighted by atomic mass is 16.6. The number of nitrogens with zero attached hydrogens (tertiary/aromatic N) is 1. The van der Waals surface area contributed by atoms with E-state index in [1.54, 1.807) is 50.4 Å². The van der Waals surface area contributed by atoms with Gasteiger partial charge in [-0.25, -0.2) is 0 Å². The number of carbonyl (C=O) groups excluding carboxylic acids is 2. The third-order valence-electron chi connectivity index (χ3n) is 5.21. The summed E-state index contributed by atoms with van der Waals surface area (Å²) >= 11 is 0. The molecular formula is C25H19NO7. The Bertz CT molecular complexity index is 1280. The number of non-ortho nitro benzene ring substituents is 1. The van der Waals surface area contributed by atoms with Gasteiger partial charge in [0.1, 0.15) is 17.2 Å². The number of hydrogen-bond donors (Lipinski definition) is 0. The largest absolute Gasteiger partial charge is 0.497 e. The fourth-order valence-corrected chi connectivity index (χ4v) is 3.37. The summed E-state index contributed by atoms with van der Waals surface area (Å²) in [5.74, 6) is 1.05. The molecule has 1 aliphatic rings. The fraction of sp³-hybridized carbons (Fsp3) is 0.120. The lowest BCUT2D eigenvalue weighted by Gasteiger charge is -2.11. The van der Waals surface area contributed by atoms with Crippen molar-refractivity contribution in [3.8, 4) is 17.2 Å². The smallest absolute Gasteiger partial charge is 0.269 e. The summed E-state index contributed by atoms with van der Waals surface area (Å²) < 4.78 is 16.6. The summed E-state index contributed by atoms with van der Waals surface area (Å²) in [5.41, 5.74) is 2.02. The summed E-state index contributed by atoms with van der Waals surface area (Å²) in [4.78, 5) is 35.5. The Balaban J connectivity index is 1.49. The minimum absolute atomic E-state index is 0.0408. The van der Waals surface area contributed by atoms with Crippen LogP contribution in [0.1, 0.15) is 31.8 Å². The molecule has 1 aliphatic heterocycles. The molecule has 8 heteroatoms. The number of methoxy groups -OCH3 is 1. The van der Waals surface area contributed by atoms with Gasteiger partial charge in [-0.05, 0) is 67.1 Å². The quantitative estimate of drug-likeness (QED) is 0.223. The van der Waals surface area contributed by atoms with E-state index in [1.165, 1.54) is 30.3 Å². The first-order valence-corrected chi connectivity index (χ1v) is 9.99. The molecule has 4 rings (SSSR count). The van der Waals surface area contributed by atoms with Gasteiger partial charge in [0, 0.05) is 23.3 Å². The minimum Gasteiger partial charge on any atom is -0.497 e. The summed E-state index contributed by atoms with van der Waals surface area (Å²) in [6, 6.07) is 15.7. The third kappa shape index (κ3) is 4.45. The van der Waals surface area contributed by atoms with Crippen LogP contribution in [0.15, 0.2) is 66.4 Å². The number of rotatable bonds is 7. The number of hydrogen-bond acceptors (Lipinski definition) is 7. The van der Waals surface area contributed by atoms with Gasteiger partial charge in [0.25, 0.3) is 5.69 Å². The Morgan fingerprint density at radius 1 is 1.06 bits per heavy atom. The monoisotopic (exact) mass is 445 g/mol. The van der Waals surface area contributed by atoms with Crippen LogP contribution in [-0.2, 0) is 0 Å². The standard InChI is InChI=1S/C25H19NO7/c1-15-22(32-14-21(27)17-5-9-19(31-2)10-6-17)12-11-20-24(28)23(33-25(15)20)13-16-3-7-18(8-4-16)26(29)30/h3-13H,14H2,1-2H3/b23-13-. The predicted molar refractivity (Wildman–Crippen MR) is 120 cm³/mol. The fourth-order valence-electron chi connectivity index (χ4n) is 3.37. The molecular weight excluding hydrogens is 426 g/mol. The van der Waals surface area contributed by atoms with Gasteiger partial charge < -0.3 is 14.2 Å². The zero-order valence-corrected chi connectivity index (χ0v) is 17.9. The Hall–Kier alpha value is -4.46. The van der Waals surface area contributed by atoms with E-state index in [9.17, 15) is 19.7 Å². The lowest BCUT2D eigenvalue weighted by molar-refractivity contribution is -0.384. The Labute approximate surface area is 189 Å². The van der Waals surface area contributed by atoms with Gasteiger partial charge in [0.15, 0.2) is 18.1 Å². The van der Waals surface area contributed by atoms with Gasteiger partial charge in [-0.2, -0.15) is 0 Å². The Morgan fingerprint density at radius 3 is 2.39 bits per heavy atom. The molecule has 166 valence electrons. The van der Waals surface area contributed by atoms with E-state index in [4.69, 9.17) is 14.2 Å². The van der Waals surface area contributed by atoms with Gasteiger partial charge >= 0.3 is 0 Å². The Morgan fingerprint density at radius 2 is 1.76 bits per heavy atom. The van der Waals surface area contributed by atoms with Crippen molar-refractivity contribution in [2.24, 2.45) is 0 Å². The van der Waals surface area contributed by atoms with Crippen LogP contribution in [-0.4, -0.2) is 30.2 Å². The molecule has 0 amide bonds. The van der Waals surface area contributed by atoms with Gasteiger partial charge in [0.2, 0.25) is 5.78 Å². The number of Topliss-reactive ketones (excluding diaryl/α,β-unsaturated/α-hetero) is 2. The topological polar surface area (TPSA) is 105 Å². The van der Waals surface area contributed by atoms with Gasteiger partial charge in [-0.3, -0.25) is 19.7 Å². The lowest BCUT2D eigenvalue weighted by Crippen LogP contribution is -2.12. The molecule has 0 radical (unpaired) electrons. The second-order valence-corrected chi connectivity index (χ2v) is 7.29. The number of carbonyl (C=O) groups is 2. The maximum Gasteiger partial charge on any atom is 0.269 e. The first-order chi connectivity index (χ1) is 15.9. The van der Waals surface area contributed by atoms with Crippen LogP contribution in [0.3, 0.4) is 0 Å². The molecule has 33 heavy (non-hydrogen) atoms. The van der Waals surface area contributed by atoms with Crippen molar-refractivity contribution in [1.29, 1.82) is 0 Å². The van der Waals surface area contributed by atoms with E-state index in [-0.39, 0.29) is 29.6 Å². The molecule has 3 aromatic rings. The van der Waals surface area contributed by atoms with Crippen molar-refractivity contribution in [2.45, 2.75) is 6.92 Å². The molecule has 0 aromatic heterocycles. The molecule has 1 heterocycles. The van der Waals surface area contributed by atoms with Crippen LogP contribution in [0.5, 0.6) is 17.2 Å². The van der Waals surface area contributed by atoms with Crippen LogP contribution in [0, 0.1) is 17.0 Å². The number of allylic oxidation sites excluding steroid dienone is 1. The zero-order valence-electron chi connectivity index (χ0n) is 17.9. The van der Waals surface area contributed by atoms with Crippen molar-refractivity contribution in [3.05, 3.63) is 98.8 Å². The average Bonchev–Trinajstić information content (AvgIpc) is 3.14. The van der Waals surface area contributed by atoms with E-state index < -0.39 is 4.92 Å². The highest BCUT2D eigenvalue weighted by Crippen LogP contribution is 2.39. The molecule has 0 saturated heterocycles. The van der Waals surface area contributed by atoms with E-state index >= 15 is 0 Å². The van der Waals surface area contributed by atoms with Gasteiger partial charge in [-0.1, -0.05) is 0 Å². The van der Waals surface area contributed by atoms with Crippen molar-refractivity contribution in [3.63, 3.8) is 0 Å². The molecule has 0 atom stereocenters. The summed E-state index contributed by atoms with van der Waals surface area (Å²) in [5, 5.41) is 10.8. The molecule has 0 unspecified atom stereocenters. The summed E-state index contributed by atoms with van der Waals surface area (Å²) in [6.45, 7) is 1.57. The molecule has 0 aliphatic carbocycles. The second-order valence-electron chi connectivity index (χ2n) is 7.29. The van der Waals surface area contributed by atoms with Gasteiger partial charge in [-0.15, -0.1) is 0 Å². The number of nitro benzene ring substituents is 1. The highest BCUT2D eigenvalue weighted by Gasteiger charge is 2.30. The predicted octanol–water partition coefficient (Wildman–Crippen LogP) is 4.79. The van der Waals surface area contributed by atoms with Crippen molar-refractivity contribution >= 4 is 23.3 Å². The third-order valence-corrected chi connectivity index (χ3v) is 5.21. The molecule has 0 saturated carbocycles. The molecule has 0 bridgehead atoms. The molecule has 8 nitrogen and oxygen atoms in total. The van der Waals surface area contributed by atoms with Crippen LogP contribution >= 0.6 is 0 Å². The van der Waals surface area contributed by atoms with Crippen LogP contribution in [0.25, 0.3) is 6.08 Å². The number of ether oxygens (including phenoxy) is 3. The van der Waals surface area contributed by atoms with E-state index in [2.05, 4.69) is 0 Å². The van der Waals surface area contributed by atoms with Crippen molar-refractivity contribution in [1.82, 2.24) is 0 Å². The van der Waals surface area contributed by atoms with E-state index in [0.29, 0.717) is 39.5 Å². The van der Waals surface area contributed by atoms with Crippen molar-refractivity contribution < 1.29 is 28.7 Å². The molecule has 0 fully saturated rings. The number of nitro groups is 1. The highest BCUT2D eigenvalue weighted by molar-refractivity contribution is 6.15. The summed E-state index contributed by atoms with van der Waals surface area (Å²) in [7, 11) is 1.55. The van der Waals surface area contributed by atoms with E-state index in [1.807, 2.05) is 0 Å². The first kappa shape index (κ1) is 21.8. The SMILES string of the molecule is COc1ccc(C(=O)COc2ccc3c(c2C)O/C(=C\c2ccc([N+](=O)[O-])cc2)C3=O)cc1. The van der Waals surface area contributed by atoms with Gasteiger partial charge in [0.05, 0.1) is 17.6 Å². The average molecular weight is 445 g/mol. The summed E-state index contributed by atoms with van der Waals surface area (Å²) in [6.07, 6.45) is 1.53. The van der Waals surface area contributed by atoms with Crippen LogP contribution < -0.4 is 14.2 Å². The minimum atomic E-state index is -0.492. The molecule has 0 spiro atoms. The Kier molecular flexibility index (Phi) is 5.91. The van der Waals surface area contributed by atoms with E-state index in [0.717, 1.165) is 0 Å². The van der Waals surface area contributed by atoms with Crippen molar-refractivity contribution in [2.75, 3.05) is 13.7 Å². The number of fused-ring (bicyclic) bond motifs is 1. The zero-order chi connectivity index (χ0) is 23.5. The normalized spacial score (nSPS) is 13.4. The number of benzene rings is 3. The maximum atomic E-state index is 12.7. The maximum absolute atomic E-state index is 12.7. The number of ketones is 2.